The van der Waals surface area contributed by atoms with E-state index in [9.17, 15) is 18.0 Å². The molecule has 0 aliphatic heterocycles. The Bertz CT molecular complexity index is 646. The predicted octanol–water partition coefficient (Wildman–Crippen LogP) is 0.754. The normalized spacial score (nSPS) is 16.2. The molecule has 1 amide bonds. The molecule has 0 bridgehead atoms. The molecule has 1 aliphatic carbocycles. The van der Waals surface area contributed by atoms with Gasteiger partial charge in [0.05, 0.1) is 11.3 Å². The van der Waals surface area contributed by atoms with Crippen molar-refractivity contribution in [2.24, 2.45) is 0 Å². The van der Waals surface area contributed by atoms with Gasteiger partial charge in [-0.3, -0.25) is 9.59 Å². The summed E-state index contributed by atoms with van der Waals surface area (Å²) in [5.41, 5.74) is 0.511. The zero-order valence-corrected chi connectivity index (χ0v) is 12.4. The van der Waals surface area contributed by atoms with Crippen LogP contribution in [0.2, 0.25) is 0 Å². The number of benzene rings is 1. The summed E-state index contributed by atoms with van der Waals surface area (Å²) in [6, 6.07) is 5.69. The van der Waals surface area contributed by atoms with Crippen LogP contribution in [0.5, 0.6) is 0 Å². The topological polar surface area (TPSA) is 101 Å². The number of rotatable bonds is 6. The van der Waals surface area contributed by atoms with Gasteiger partial charge in [-0.05, 0) is 37.5 Å². The number of amides is 1. The molecule has 1 atom stereocenters. The van der Waals surface area contributed by atoms with Crippen molar-refractivity contribution in [3.05, 3.63) is 29.8 Å². The van der Waals surface area contributed by atoms with Crippen LogP contribution in [0.15, 0.2) is 29.2 Å². The fourth-order valence-corrected chi connectivity index (χ4v) is 3.14. The zero-order valence-electron chi connectivity index (χ0n) is 11.6. The molecule has 6 nitrogen and oxygen atoms in total. The molecule has 1 saturated carbocycles. The molecule has 2 rings (SSSR count). The van der Waals surface area contributed by atoms with E-state index in [1.165, 1.54) is 31.2 Å². The number of aliphatic carboxylic acids is 1. The number of carboxylic acids is 1. The van der Waals surface area contributed by atoms with Crippen molar-refractivity contribution in [3.8, 4) is 0 Å². The van der Waals surface area contributed by atoms with Crippen LogP contribution in [0.25, 0.3) is 0 Å². The van der Waals surface area contributed by atoms with E-state index < -0.39 is 27.0 Å². The van der Waals surface area contributed by atoms with Crippen molar-refractivity contribution in [1.82, 2.24) is 5.32 Å². The smallest absolute Gasteiger partial charge is 0.307 e. The Morgan fingerprint density at radius 1 is 1.29 bits per heavy atom. The maximum Gasteiger partial charge on any atom is 0.307 e. The first-order chi connectivity index (χ1) is 9.80. The van der Waals surface area contributed by atoms with Gasteiger partial charge in [-0.1, -0.05) is 12.1 Å². The first-order valence-electron chi connectivity index (χ1n) is 6.65. The summed E-state index contributed by atoms with van der Waals surface area (Å²) in [7, 11) is -3.76. The molecular weight excluding hydrogens is 294 g/mol. The molecule has 0 saturated heterocycles. The van der Waals surface area contributed by atoms with Gasteiger partial charge >= 0.3 is 5.97 Å². The van der Waals surface area contributed by atoms with E-state index >= 15 is 0 Å². The summed E-state index contributed by atoms with van der Waals surface area (Å²) < 4.78 is 24.7. The molecule has 0 heterocycles. The van der Waals surface area contributed by atoms with Crippen LogP contribution in [0.4, 0.5) is 0 Å². The van der Waals surface area contributed by atoms with Gasteiger partial charge in [0.2, 0.25) is 5.91 Å². The highest BCUT2D eigenvalue weighted by molar-refractivity contribution is 7.92. The van der Waals surface area contributed by atoms with E-state index in [4.69, 9.17) is 5.11 Å². The molecule has 0 spiro atoms. The second kappa shape index (κ2) is 5.85. The number of nitrogens with one attached hydrogen (secondary N) is 1. The number of sulfone groups is 1. The van der Waals surface area contributed by atoms with Crippen molar-refractivity contribution in [3.63, 3.8) is 0 Å². The third kappa shape index (κ3) is 3.81. The quantitative estimate of drug-likeness (QED) is 0.807. The highest BCUT2D eigenvalue weighted by Gasteiger charge is 2.33. The lowest BCUT2D eigenvalue weighted by Crippen LogP contribution is -2.39. The van der Waals surface area contributed by atoms with Crippen molar-refractivity contribution in [2.45, 2.75) is 42.4 Å². The van der Waals surface area contributed by atoms with Gasteiger partial charge in [0.1, 0.15) is 5.25 Å². The molecule has 0 aromatic heterocycles. The fraction of sp³-hybridized carbons (Fsp3) is 0.429. The van der Waals surface area contributed by atoms with Crippen molar-refractivity contribution >= 4 is 21.7 Å². The van der Waals surface area contributed by atoms with E-state index in [2.05, 4.69) is 5.32 Å². The van der Waals surface area contributed by atoms with Crippen LogP contribution < -0.4 is 5.32 Å². The molecule has 0 radical (unpaired) electrons. The van der Waals surface area contributed by atoms with E-state index in [0.29, 0.717) is 5.56 Å². The Kier molecular flexibility index (Phi) is 4.32. The average Bonchev–Trinajstić information content (AvgIpc) is 3.21. The number of carbonyl (C=O) groups is 2. The van der Waals surface area contributed by atoms with E-state index in [1.54, 1.807) is 0 Å². The third-order valence-corrected chi connectivity index (χ3v) is 5.44. The van der Waals surface area contributed by atoms with Crippen LogP contribution >= 0.6 is 0 Å². The zero-order chi connectivity index (χ0) is 15.6. The molecule has 2 N–H and O–H groups in total. The summed E-state index contributed by atoms with van der Waals surface area (Å²) in [6.07, 6.45) is 1.61. The van der Waals surface area contributed by atoms with Gasteiger partial charge in [0.15, 0.2) is 9.84 Å². The number of hydrogen-bond donors (Lipinski definition) is 2. The van der Waals surface area contributed by atoms with Crippen LogP contribution in [0.3, 0.4) is 0 Å². The monoisotopic (exact) mass is 311 g/mol. The molecule has 1 aliphatic rings. The van der Waals surface area contributed by atoms with Crippen LogP contribution in [0.1, 0.15) is 25.3 Å². The maximum absolute atomic E-state index is 12.3. The molecular formula is C14H17NO5S. The largest absolute Gasteiger partial charge is 0.481 e. The number of hydrogen-bond acceptors (Lipinski definition) is 4. The maximum atomic E-state index is 12.3. The number of carboxylic acid groups (broad SMARTS) is 1. The fourth-order valence-electron chi connectivity index (χ4n) is 1.86. The van der Waals surface area contributed by atoms with Gasteiger partial charge in [-0.25, -0.2) is 8.42 Å². The van der Waals surface area contributed by atoms with Crippen LogP contribution in [-0.2, 0) is 25.8 Å². The van der Waals surface area contributed by atoms with E-state index in [-0.39, 0.29) is 17.4 Å². The van der Waals surface area contributed by atoms with Crippen LogP contribution in [-0.4, -0.2) is 36.7 Å². The molecule has 21 heavy (non-hydrogen) atoms. The van der Waals surface area contributed by atoms with Gasteiger partial charge in [0.25, 0.3) is 0 Å². The predicted molar refractivity (Wildman–Crippen MR) is 75.6 cm³/mol. The lowest BCUT2D eigenvalue weighted by Gasteiger charge is -2.13. The Labute approximate surface area is 123 Å². The van der Waals surface area contributed by atoms with E-state index in [1.807, 2.05) is 0 Å². The summed E-state index contributed by atoms with van der Waals surface area (Å²) >= 11 is 0. The first kappa shape index (κ1) is 15.5. The Hall–Kier alpha value is -1.89. The summed E-state index contributed by atoms with van der Waals surface area (Å²) in [5, 5.41) is 10.2. The minimum absolute atomic E-state index is 0.0232. The Morgan fingerprint density at radius 3 is 2.33 bits per heavy atom. The molecule has 1 aromatic carbocycles. The number of carbonyl (C=O) groups excluding carboxylic acids is 1. The molecule has 1 fully saturated rings. The van der Waals surface area contributed by atoms with Gasteiger partial charge in [-0.2, -0.15) is 0 Å². The Balaban J connectivity index is 2.13. The lowest BCUT2D eigenvalue weighted by molar-refractivity contribution is -0.136. The summed E-state index contributed by atoms with van der Waals surface area (Å²) in [6.45, 7) is 1.36. The summed E-state index contributed by atoms with van der Waals surface area (Å²) in [5.74, 6) is -1.48. The SMILES string of the molecule is CC(C(=O)NC1CC1)S(=O)(=O)c1ccc(CC(=O)O)cc1. The molecule has 114 valence electrons. The Morgan fingerprint density at radius 2 is 1.86 bits per heavy atom. The molecule has 7 heteroatoms. The first-order valence-corrected chi connectivity index (χ1v) is 8.20. The van der Waals surface area contributed by atoms with Crippen molar-refractivity contribution < 1.29 is 23.1 Å². The van der Waals surface area contributed by atoms with Gasteiger partial charge in [-0.15, -0.1) is 0 Å². The summed E-state index contributed by atoms with van der Waals surface area (Å²) in [4.78, 5) is 22.5. The standard InChI is InChI=1S/C14H17NO5S/c1-9(14(18)15-11-4-5-11)21(19,20)12-6-2-10(3-7-12)8-13(16)17/h2-3,6-7,9,11H,4-5,8H2,1H3,(H,15,18)(H,16,17). The highest BCUT2D eigenvalue weighted by Crippen LogP contribution is 2.21. The van der Waals surface area contributed by atoms with Gasteiger partial charge in [0, 0.05) is 6.04 Å². The molecule has 1 aromatic rings. The third-order valence-electron chi connectivity index (χ3n) is 3.37. The van der Waals surface area contributed by atoms with Crippen LogP contribution in [0, 0.1) is 0 Å². The average molecular weight is 311 g/mol. The molecule has 1 unspecified atom stereocenters. The van der Waals surface area contributed by atoms with Gasteiger partial charge < -0.3 is 10.4 Å². The minimum atomic E-state index is -3.76. The van der Waals surface area contributed by atoms with E-state index in [0.717, 1.165) is 12.8 Å². The minimum Gasteiger partial charge on any atom is -0.481 e. The second-order valence-electron chi connectivity index (χ2n) is 5.18. The van der Waals surface area contributed by atoms with Crippen molar-refractivity contribution in [2.75, 3.05) is 0 Å². The lowest BCUT2D eigenvalue weighted by atomic mass is 10.2. The highest BCUT2D eigenvalue weighted by atomic mass is 32.2. The van der Waals surface area contributed by atoms with Crippen molar-refractivity contribution in [1.29, 1.82) is 0 Å². The second-order valence-corrected chi connectivity index (χ2v) is 7.45.